The van der Waals surface area contributed by atoms with E-state index in [-0.39, 0.29) is 5.78 Å². The quantitative estimate of drug-likeness (QED) is 0.406. The van der Waals surface area contributed by atoms with Gasteiger partial charge in [0.05, 0.1) is 35.5 Å². The van der Waals surface area contributed by atoms with Gasteiger partial charge in [-0.25, -0.2) is 14.3 Å². The van der Waals surface area contributed by atoms with Crippen molar-refractivity contribution < 1.29 is 19.1 Å². The van der Waals surface area contributed by atoms with Gasteiger partial charge in [-0.2, -0.15) is 5.10 Å². The molecule has 1 aromatic carbocycles. The van der Waals surface area contributed by atoms with Gasteiger partial charge >= 0.3 is 6.09 Å². The Labute approximate surface area is 199 Å². The number of nitrogens with zero attached hydrogens (tertiary/aromatic N) is 4. The summed E-state index contributed by atoms with van der Waals surface area (Å²) in [7, 11) is 0. The summed E-state index contributed by atoms with van der Waals surface area (Å²) in [6, 6.07) is 12.8. The SMILES string of the molecule is O=C(Nc1cccc(-c2ccnc3c(C(=O)c4cccs4)cnn23)c1)OCCN1CCOCC1. The fourth-order valence-corrected chi connectivity index (χ4v) is 4.49. The van der Waals surface area contributed by atoms with E-state index < -0.39 is 6.09 Å². The lowest BCUT2D eigenvalue weighted by atomic mass is 10.1. The second kappa shape index (κ2) is 10.1. The number of hydrogen-bond donors (Lipinski definition) is 1. The van der Waals surface area contributed by atoms with Crippen LogP contribution in [0.3, 0.4) is 0 Å². The molecule has 4 heterocycles. The maximum absolute atomic E-state index is 12.8. The molecule has 34 heavy (non-hydrogen) atoms. The normalized spacial score (nSPS) is 14.2. The molecule has 9 nitrogen and oxygen atoms in total. The number of aromatic nitrogens is 3. The van der Waals surface area contributed by atoms with E-state index in [9.17, 15) is 9.59 Å². The van der Waals surface area contributed by atoms with Gasteiger partial charge in [0.2, 0.25) is 5.78 Å². The van der Waals surface area contributed by atoms with E-state index in [2.05, 4.69) is 20.3 Å². The molecule has 5 rings (SSSR count). The first kappa shape index (κ1) is 22.2. The lowest BCUT2D eigenvalue weighted by Gasteiger charge is -2.26. The molecule has 0 radical (unpaired) electrons. The Kier molecular flexibility index (Phi) is 6.61. The van der Waals surface area contributed by atoms with E-state index in [0.717, 1.165) is 24.3 Å². The number of thiophene rings is 1. The zero-order valence-corrected chi connectivity index (χ0v) is 19.2. The van der Waals surface area contributed by atoms with Crippen LogP contribution in [0.4, 0.5) is 10.5 Å². The largest absolute Gasteiger partial charge is 0.448 e. The highest BCUT2D eigenvalue weighted by atomic mass is 32.1. The number of morpholine rings is 1. The third-order valence-corrected chi connectivity index (χ3v) is 6.41. The summed E-state index contributed by atoms with van der Waals surface area (Å²) in [4.78, 5) is 32.3. The smallest absolute Gasteiger partial charge is 0.411 e. The number of ether oxygens (including phenoxy) is 2. The molecule has 0 spiro atoms. The summed E-state index contributed by atoms with van der Waals surface area (Å²) in [5.41, 5.74) is 3.09. The highest BCUT2D eigenvalue weighted by molar-refractivity contribution is 7.12. The van der Waals surface area contributed by atoms with E-state index in [1.807, 2.05) is 35.7 Å². The van der Waals surface area contributed by atoms with Gasteiger partial charge in [0.1, 0.15) is 6.61 Å². The zero-order chi connectivity index (χ0) is 23.3. The first-order chi connectivity index (χ1) is 16.7. The average Bonchev–Trinajstić information content (AvgIpc) is 3.55. The van der Waals surface area contributed by atoms with E-state index >= 15 is 0 Å². The van der Waals surface area contributed by atoms with Crippen molar-refractivity contribution in [3.8, 4) is 11.3 Å². The van der Waals surface area contributed by atoms with Crippen LogP contribution in [0.25, 0.3) is 16.9 Å². The molecule has 1 saturated heterocycles. The number of carbonyl (C=O) groups is 2. The Morgan fingerprint density at radius 1 is 1.15 bits per heavy atom. The number of fused-ring (bicyclic) bond motifs is 1. The highest BCUT2D eigenvalue weighted by Gasteiger charge is 2.18. The molecule has 0 aliphatic carbocycles. The van der Waals surface area contributed by atoms with Crippen LogP contribution in [0.5, 0.6) is 0 Å². The van der Waals surface area contributed by atoms with Crippen molar-refractivity contribution in [3.63, 3.8) is 0 Å². The third kappa shape index (κ3) is 4.84. The Balaban J connectivity index is 1.29. The van der Waals surface area contributed by atoms with Crippen molar-refractivity contribution in [1.29, 1.82) is 0 Å². The van der Waals surface area contributed by atoms with Gasteiger partial charge in [0, 0.05) is 37.1 Å². The van der Waals surface area contributed by atoms with Crippen LogP contribution < -0.4 is 5.32 Å². The van der Waals surface area contributed by atoms with Gasteiger partial charge in [-0.1, -0.05) is 18.2 Å². The minimum absolute atomic E-state index is 0.107. The molecule has 1 aliphatic rings. The maximum Gasteiger partial charge on any atom is 0.411 e. The predicted octanol–water partition coefficient (Wildman–Crippen LogP) is 3.57. The second-order valence-electron chi connectivity index (χ2n) is 7.73. The Bertz CT molecular complexity index is 1300. The highest BCUT2D eigenvalue weighted by Crippen LogP contribution is 2.25. The average molecular weight is 478 g/mol. The van der Waals surface area contributed by atoms with Crippen LogP contribution in [0.2, 0.25) is 0 Å². The molecule has 174 valence electrons. The van der Waals surface area contributed by atoms with E-state index in [0.29, 0.717) is 48.1 Å². The summed E-state index contributed by atoms with van der Waals surface area (Å²) in [6.45, 7) is 4.11. The molecule has 1 aliphatic heterocycles. The fourth-order valence-electron chi connectivity index (χ4n) is 3.81. The number of rotatable bonds is 7. The molecule has 0 atom stereocenters. The van der Waals surface area contributed by atoms with Crippen LogP contribution in [0, 0.1) is 0 Å². The van der Waals surface area contributed by atoms with Gasteiger partial charge in [-0.05, 0) is 29.6 Å². The standard InChI is InChI=1S/C24H23N5O4S/c30-22(21-5-2-14-34-21)19-16-26-29-20(6-7-25-23(19)29)17-3-1-4-18(15-17)27-24(31)33-13-10-28-8-11-32-12-9-28/h1-7,14-16H,8-13H2,(H,27,31). The molecular weight excluding hydrogens is 454 g/mol. The molecular formula is C24H23N5O4S. The van der Waals surface area contributed by atoms with Crippen molar-refractivity contribution in [2.75, 3.05) is 44.8 Å². The van der Waals surface area contributed by atoms with Crippen LogP contribution >= 0.6 is 11.3 Å². The van der Waals surface area contributed by atoms with Crippen molar-refractivity contribution in [2.24, 2.45) is 0 Å². The molecule has 0 unspecified atom stereocenters. The summed E-state index contributed by atoms with van der Waals surface area (Å²) in [5, 5.41) is 9.06. The predicted molar refractivity (Wildman–Crippen MR) is 128 cm³/mol. The van der Waals surface area contributed by atoms with Gasteiger partial charge in [0.15, 0.2) is 5.65 Å². The topological polar surface area (TPSA) is 98.1 Å². The lowest BCUT2D eigenvalue weighted by Crippen LogP contribution is -2.38. The summed E-state index contributed by atoms with van der Waals surface area (Å²) >= 11 is 1.38. The second-order valence-corrected chi connectivity index (χ2v) is 8.67. The van der Waals surface area contributed by atoms with Crippen LogP contribution in [0.15, 0.2) is 60.2 Å². The van der Waals surface area contributed by atoms with Crippen LogP contribution in [-0.4, -0.2) is 70.8 Å². The first-order valence-electron chi connectivity index (χ1n) is 10.9. The van der Waals surface area contributed by atoms with E-state index in [4.69, 9.17) is 9.47 Å². The van der Waals surface area contributed by atoms with Crippen molar-refractivity contribution in [2.45, 2.75) is 0 Å². The molecule has 1 N–H and O–H groups in total. The zero-order valence-electron chi connectivity index (χ0n) is 18.3. The number of nitrogens with one attached hydrogen (secondary N) is 1. The summed E-state index contributed by atoms with van der Waals surface area (Å²) in [5.74, 6) is -0.107. The Morgan fingerprint density at radius 3 is 2.85 bits per heavy atom. The molecule has 0 bridgehead atoms. The van der Waals surface area contributed by atoms with Crippen molar-refractivity contribution in [1.82, 2.24) is 19.5 Å². The minimum Gasteiger partial charge on any atom is -0.448 e. The van der Waals surface area contributed by atoms with Gasteiger partial charge in [-0.3, -0.25) is 15.0 Å². The number of hydrogen-bond acceptors (Lipinski definition) is 8. The number of carbonyl (C=O) groups excluding carboxylic acids is 2. The van der Waals surface area contributed by atoms with Crippen LogP contribution in [0.1, 0.15) is 15.2 Å². The summed E-state index contributed by atoms with van der Waals surface area (Å²) < 4.78 is 12.3. The molecule has 3 aromatic heterocycles. The molecule has 1 fully saturated rings. The first-order valence-corrected chi connectivity index (χ1v) is 11.8. The number of ketones is 1. The number of amides is 1. The molecule has 0 saturated carbocycles. The number of anilines is 1. The van der Waals surface area contributed by atoms with Crippen molar-refractivity contribution in [3.05, 3.63) is 70.7 Å². The molecule has 1 amide bonds. The molecule has 10 heteroatoms. The van der Waals surface area contributed by atoms with Crippen molar-refractivity contribution >= 4 is 34.5 Å². The third-order valence-electron chi connectivity index (χ3n) is 5.54. The minimum atomic E-state index is -0.506. The molecule has 4 aromatic rings. The van der Waals surface area contributed by atoms with Gasteiger partial charge < -0.3 is 9.47 Å². The van der Waals surface area contributed by atoms with Gasteiger partial charge in [0.25, 0.3) is 0 Å². The van der Waals surface area contributed by atoms with Crippen LogP contribution in [-0.2, 0) is 9.47 Å². The van der Waals surface area contributed by atoms with Gasteiger partial charge in [-0.15, -0.1) is 11.3 Å². The monoisotopic (exact) mass is 477 g/mol. The summed E-state index contributed by atoms with van der Waals surface area (Å²) in [6.07, 6.45) is 2.69. The van der Waals surface area contributed by atoms with E-state index in [1.165, 1.54) is 11.3 Å². The van der Waals surface area contributed by atoms with E-state index in [1.54, 1.807) is 29.0 Å². The Hall–Kier alpha value is -3.60. The maximum atomic E-state index is 12.8. The Morgan fingerprint density at radius 2 is 2.03 bits per heavy atom. The fraction of sp³-hybridized carbons (Fsp3) is 0.250. The lowest BCUT2D eigenvalue weighted by molar-refractivity contribution is 0.0290. The number of benzene rings is 1.